The molecule has 1 fully saturated rings. The van der Waals surface area contributed by atoms with Crippen LogP contribution >= 0.6 is 0 Å². The van der Waals surface area contributed by atoms with Crippen molar-refractivity contribution < 1.29 is 0 Å². The molecule has 0 heterocycles. The summed E-state index contributed by atoms with van der Waals surface area (Å²) in [6, 6.07) is 0.365. The van der Waals surface area contributed by atoms with Crippen LogP contribution in [-0.4, -0.2) is 6.04 Å². The normalized spacial score (nSPS) is 35.1. The Morgan fingerprint density at radius 3 is 2.62 bits per heavy atom. The summed E-state index contributed by atoms with van der Waals surface area (Å²) in [7, 11) is 0. The van der Waals surface area contributed by atoms with Crippen LogP contribution in [0.5, 0.6) is 0 Å². The average Bonchev–Trinajstić information content (AvgIpc) is 2.85. The van der Waals surface area contributed by atoms with Gasteiger partial charge in [0.25, 0.3) is 0 Å². The number of nitrogens with two attached hydrogens (primary N) is 1. The molecule has 2 atom stereocenters. The fourth-order valence-electron chi connectivity index (χ4n) is 2.81. The van der Waals surface area contributed by atoms with Crippen LogP contribution in [0.15, 0.2) is 34.9 Å². The lowest BCUT2D eigenvalue weighted by molar-refractivity contribution is 0.552. The van der Waals surface area contributed by atoms with Gasteiger partial charge in [-0.2, -0.15) is 0 Å². The van der Waals surface area contributed by atoms with Crippen LogP contribution in [0.25, 0.3) is 0 Å². The van der Waals surface area contributed by atoms with Crippen molar-refractivity contribution in [2.24, 2.45) is 11.7 Å². The molecule has 16 heavy (non-hydrogen) atoms. The molecule has 0 aliphatic heterocycles. The summed E-state index contributed by atoms with van der Waals surface area (Å²) in [5.74, 6) is 0.869. The highest BCUT2D eigenvalue weighted by Gasteiger charge is 2.22. The Balaban J connectivity index is 2.11. The summed E-state index contributed by atoms with van der Waals surface area (Å²) in [4.78, 5) is 0. The maximum Gasteiger partial charge on any atom is 0.0114 e. The molecule has 2 aliphatic rings. The van der Waals surface area contributed by atoms with Gasteiger partial charge >= 0.3 is 0 Å². The van der Waals surface area contributed by atoms with E-state index in [1.165, 1.54) is 24.8 Å². The number of allylic oxidation sites excluding steroid dienone is 4. The average molecular weight is 217 g/mol. The van der Waals surface area contributed by atoms with Crippen LogP contribution in [-0.2, 0) is 0 Å². The molecule has 2 unspecified atom stereocenters. The summed E-state index contributed by atoms with van der Waals surface area (Å²) >= 11 is 0. The maximum atomic E-state index is 5.92. The summed E-state index contributed by atoms with van der Waals surface area (Å²) in [5, 5.41) is 0. The third-order valence-electron chi connectivity index (χ3n) is 3.90. The van der Waals surface area contributed by atoms with Crippen molar-refractivity contribution >= 4 is 0 Å². The molecule has 0 radical (unpaired) electrons. The van der Waals surface area contributed by atoms with E-state index >= 15 is 0 Å². The van der Waals surface area contributed by atoms with E-state index in [4.69, 9.17) is 5.73 Å². The lowest BCUT2D eigenvalue weighted by atomic mass is 10.0. The molecular weight excluding hydrogens is 194 g/mol. The van der Waals surface area contributed by atoms with Crippen molar-refractivity contribution in [1.29, 1.82) is 0 Å². The van der Waals surface area contributed by atoms with E-state index in [-0.39, 0.29) is 0 Å². The molecular formula is C15H23N. The smallest absolute Gasteiger partial charge is 0.0114 e. The first-order chi connectivity index (χ1) is 7.72. The molecule has 0 aromatic carbocycles. The van der Waals surface area contributed by atoms with E-state index in [9.17, 15) is 0 Å². The molecule has 0 saturated heterocycles. The van der Waals surface area contributed by atoms with E-state index in [1.807, 2.05) is 0 Å². The fraction of sp³-hybridized carbons (Fsp3) is 0.600. The molecule has 0 spiro atoms. The largest absolute Gasteiger partial charge is 0.327 e. The highest BCUT2D eigenvalue weighted by atomic mass is 14.6. The van der Waals surface area contributed by atoms with Crippen molar-refractivity contribution in [2.45, 2.75) is 52.0 Å². The van der Waals surface area contributed by atoms with E-state index in [1.54, 1.807) is 11.1 Å². The van der Waals surface area contributed by atoms with E-state index in [0.29, 0.717) is 6.04 Å². The first-order valence-corrected chi connectivity index (χ1v) is 6.53. The SMILES string of the molecule is C/C=C1/CC(CC)C/C1=C/C1=CCC(N)C1. The maximum absolute atomic E-state index is 5.92. The van der Waals surface area contributed by atoms with Gasteiger partial charge in [0.05, 0.1) is 0 Å². The van der Waals surface area contributed by atoms with Crippen LogP contribution in [0.2, 0.25) is 0 Å². The summed E-state index contributed by atoms with van der Waals surface area (Å²) in [6.45, 7) is 4.46. The van der Waals surface area contributed by atoms with Gasteiger partial charge in [0.15, 0.2) is 0 Å². The molecule has 2 aliphatic carbocycles. The van der Waals surface area contributed by atoms with Crippen LogP contribution in [0.4, 0.5) is 0 Å². The lowest BCUT2D eigenvalue weighted by Crippen LogP contribution is -2.14. The number of hydrogen-bond acceptors (Lipinski definition) is 1. The molecule has 0 amide bonds. The number of hydrogen-bond donors (Lipinski definition) is 1. The monoisotopic (exact) mass is 217 g/mol. The molecule has 2 N–H and O–H groups in total. The zero-order valence-corrected chi connectivity index (χ0v) is 10.5. The summed E-state index contributed by atoms with van der Waals surface area (Å²) in [5.41, 5.74) is 10.5. The third-order valence-corrected chi connectivity index (χ3v) is 3.90. The number of rotatable bonds is 2. The van der Waals surface area contributed by atoms with Gasteiger partial charge in [-0.15, -0.1) is 0 Å². The molecule has 88 valence electrons. The van der Waals surface area contributed by atoms with Crippen molar-refractivity contribution in [3.05, 3.63) is 34.9 Å². The van der Waals surface area contributed by atoms with Gasteiger partial charge in [0.2, 0.25) is 0 Å². The van der Waals surface area contributed by atoms with Gasteiger partial charge in [-0.25, -0.2) is 0 Å². The minimum atomic E-state index is 0.365. The Morgan fingerprint density at radius 2 is 2.06 bits per heavy atom. The first-order valence-electron chi connectivity index (χ1n) is 6.53. The van der Waals surface area contributed by atoms with E-state index in [2.05, 4.69) is 32.1 Å². The van der Waals surface area contributed by atoms with E-state index < -0.39 is 0 Å². The first kappa shape index (κ1) is 11.7. The second-order valence-corrected chi connectivity index (χ2v) is 5.14. The predicted octanol–water partition coefficient (Wildman–Crippen LogP) is 3.73. The van der Waals surface area contributed by atoms with Crippen molar-refractivity contribution in [2.75, 3.05) is 0 Å². The van der Waals surface area contributed by atoms with Crippen LogP contribution in [0.3, 0.4) is 0 Å². The Hall–Kier alpha value is -0.820. The van der Waals surface area contributed by atoms with Gasteiger partial charge in [0.1, 0.15) is 0 Å². The van der Waals surface area contributed by atoms with E-state index in [0.717, 1.165) is 18.8 Å². The van der Waals surface area contributed by atoms with Crippen molar-refractivity contribution in [1.82, 2.24) is 0 Å². The van der Waals surface area contributed by atoms with Gasteiger partial charge in [-0.3, -0.25) is 0 Å². The Labute approximate surface area is 99.1 Å². The highest BCUT2D eigenvalue weighted by Crippen LogP contribution is 2.38. The second-order valence-electron chi connectivity index (χ2n) is 5.14. The Morgan fingerprint density at radius 1 is 1.31 bits per heavy atom. The molecule has 0 bridgehead atoms. The minimum absolute atomic E-state index is 0.365. The van der Waals surface area contributed by atoms with Crippen LogP contribution < -0.4 is 5.73 Å². The zero-order chi connectivity index (χ0) is 11.5. The van der Waals surface area contributed by atoms with Crippen molar-refractivity contribution in [3.63, 3.8) is 0 Å². The molecule has 0 aromatic heterocycles. The zero-order valence-electron chi connectivity index (χ0n) is 10.5. The lowest BCUT2D eigenvalue weighted by Gasteiger charge is -2.03. The molecule has 1 saturated carbocycles. The van der Waals surface area contributed by atoms with Crippen LogP contribution in [0, 0.1) is 5.92 Å². The van der Waals surface area contributed by atoms with Gasteiger partial charge < -0.3 is 5.73 Å². The summed E-state index contributed by atoms with van der Waals surface area (Å²) < 4.78 is 0. The third kappa shape index (κ3) is 2.46. The molecule has 2 rings (SSSR count). The minimum Gasteiger partial charge on any atom is -0.327 e. The van der Waals surface area contributed by atoms with Gasteiger partial charge in [-0.05, 0) is 49.7 Å². The molecule has 1 nitrogen and oxygen atoms in total. The van der Waals surface area contributed by atoms with Crippen LogP contribution in [0.1, 0.15) is 46.0 Å². The summed E-state index contributed by atoms with van der Waals surface area (Å²) in [6.07, 6.45) is 13.0. The topological polar surface area (TPSA) is 26.0 Å². The standard InChI is InChI=1S/C15H23N/c1-3-11-7-13(4-2)14(8-11)9-12-5-6-15(16)10-12/h4-5,9,11,15H,3,6-8,10,16H2,1-2H3/b13-4-,14-9-. The second kappa shape index (κ2) is 5.01. The van der Waals surface area contributed by atoms with Gasteiger partial charge in [0, 0.05) is 6.04 Å². The quantitative estimate of drug-likeness (QED) is 0.749. The Kier molecular flexibility index (Phi) is 3.65. The van der Waals surface area contributed by atoms with Gasteiger partial charge in [-0.1, -0.05) is 37.1 Å². The van der Waals surface area contributed by atoms with Crippen molar-refractivity contribution in [3.8, 4) is 0 Å². The Bertz CT molecular complexity index is 346. The molecule has 1 heteroatoms. The molecule has 0 aromatic rings. The highest BCUT2D eigenvalue weighted by molar-refractivity contribution is 5.42. The fourth-order valence-corrected chi connectivity index (χ4v) is 2.81. The predicted molar refractivity (Wildman–Crippen MR) is 70.1 cm³/mol.